The van der Waals surface area contributed by atoms with E-state index in [9.17, 15) is 13.2 Å². The van der Waals surface area contributed by atoms with Crippen LogP contribution in [0.5, 0.6) is 0 Å². The molecule has 0 aliphatic carbocycles. The van der Waals surface area contributed by atoms with Gasteiger partial charge in [0, 0.05) is 41.2 Å². The Morgan fingerprint density at radius 2 is 1.77 bits per heavy atom. The van der Waals surface area contributed by atoms with E-state index < -0.39 is 10.0 Å². The summed E-state index contributed by atoms with van der Waals surface area (Å²) in [6.07, 6.45) is 1.44. The molecule has 0 aromatic heterocycles. The molecule has 1 fully saturated rings. The predicted octanol–water partition coefficient (Wildman–Crippen LogP) is 3.21. The summed E-state index contributed by atoms with van der Waals surface area (Å²) in [5.41, 5.74) is 3.09. The zero-order chi connectivity index (χ0) is 21.7. The van der Waals surface area contributed by atoms with Gasteiger partial charge in [-0.1, -0.05) is 45.2 Å². The fourth-order valence-corrected chi connectivity index (χ4v) is 5.05. The van der Waals surface area contributed by atoms with Gasteiger partial charge < -0.3 is 0 Å². The van der Waals surface area contributed by atoms with Gasteiger partial charge in [0.05, 0.1) is 22.7 Å². The highest BCUT2D eigenvalue weighted by Gasteiger charge is 2.28. The third-order valence-electron chi connectivity index (χ3n) is 4.51. The van der Waals surface area contributed by atoms with Crippen molar-refractivity contribution in [3.63, 3.8) is 0 Å². The van der Waals surface area contributed by atoms with E-state index in [0.717, 1.165) is 4.47 Å². The number of piperazine rings is 1. The second kappa shape index (κ2) is 10.2. The van der Waals surface area contributed by atoms with E-state index in [1.54, 1.807) is 42.5 Å². The summed E-state index contributed by atoms with van der Waals surface area (Å²) in [5.74, 6) is -0.291. The number of nitrogens with one attached hydrogen (secondary N) is 1. The summed E-state index contributed by atoms with van der Waals surface area (Å²) in [6, 6.07) is 11.5. The van der Waals surface area contributed by atoms with Gasteiger partial charge in [-0.2, -0.15) is 9.41 Å². The molecule has 2 aromatic rings. The fourth-order valence-electron chi connectivity index (χ4n) is 2.90. The van der Waals surface area contributed by atoms with Crippen LogP contribution in [0.4, 0.5) is 0 Å². The Labute approximate surface area is 193 Å². The quantitative estimate of drug-likeness (QED) is 0.456. The molecule has 0 atom stereocenters. The number of nitrogens with zero attached hydrogens (tertiary/aromatic N) is 3. The highest BCUT2D eigenvalue weighted by atomic mass is 79.9. The Bertz CT molecular complexity index is 1040. The molecule has 11 heteroatoms. The average molecular weight is 534 g/mol. The molecule has 1 saturated heterocycles. The number of hydrogen-bond acceptors (Lipinski definition) is 5. The lowest BCUT2D eigenvalue weighted by atomic mass is 10.2. The summed E-state index contributed by atoms with van der Waals surface area (Å²) in [5, 5.41) is 4.86. The molecule has 0 saturated carbocycles. The molecular formula is C19H19BrCl2N4O3S. The van der Waals surface area contributed by atoms with E-state index in [2.05, 4.69) is 26.5 Å². The number of hydrazone groups is 1. The molecule has 160 valence electrons. The largest absolute Gasteiger partial charge is 0.292 e. The fraction of sp³-hybridized carbons (Fsp3) is 0.263. The van der Waals surface area contributed by atoms with E-state index in [4.69, 9.17) is 23.2 Å². The van der Waals surface area contributed by atoms with Crippen LogP contribution >= 0.6 is 39.1 Å². The van der Waals surface area contributed by atoms with Crippen molar-refractivity contribution in [1.29, 1.82) is 0 Å². The van der Waals surface area contributed by atoms with Gasteiger partial charge >= 0.3 is 0 Å². The molecule has 0 spiro atoms. The number of hydrogen-bond donors (Lipinski definition) is 1. The standard InChI is InChI=1S/C19H19BrCl2N4O3S/c20-15-2-5-17(6-3-15)30(28,29)26-9-7-25(8-10-26)13-19(27)24-23-12-14-1-4-16(21)11-18(14)22/h1-6,11-12H,7-10,13H2,(H,24,27)/b23-12+. The van der Waals surface area contributed by atoms with Crippen molar-refractivity contribution >= 4 is 61.3 Å². The van der Waals surface area contributed by atoms with Gasteiger partial charge in [-0.15, -0.1) is 0 Å². The van der Waals surface area contributed by atoms with Gasteiger partial charge in [0.25, 0.3) is 5.91 Å². The SMILES string of the molecule is O=C(CN1CCN(S(=O)(=O)c2ccc(Br)cc2)CC1)N/N=C/c1ccc(Cl)cc1Cl. The zero-order valence-corrected chi connectivity index (χ0v) is 19.7. The van der Waals surface area contributed by atoms with Crippen LogP contribution in [0.2, 0.25) is 10.0 Å². The molecule has 1 aliphatic heterocycles. The minimum Gasteiger partial charge on any atom is -0.292 e. The van der Waals surface area contributed by atoms with Crippen LogP contribution in [-0.2, 0) is 14.8 Å². The number of carbonyl (C=O) groups excluding carboxylic acids is 1. The molecule has 0 bridgehead atoms. The summed E-state index contributed by atoms with van der Waals surface area (Å²) >= 11 is 15.2. The second-order valence-electron chi connectivity index (χ2n) is 6.59. The number of carbonyl (C=O) groups is 1. The van der Waals surface area contributed by atoms with Crippen molar-refractivity contribution in [3.8, 4) is 0 Å². The van der Waals surface area contributed by atoms with Crippen molar-refractivity contribution in [3.05, 3.63) is 62.5 Å². The molecule has 2 aromatic carbocycles. The maximum atomic E-state index is 12.7. The first-order valence-corrected chi connectivity index (χ1v) is 12.0. The van der Waals surface area contributed by atoms with Gasteiger partial charge in [0.2, 0.25) is 10.0 Å². The topological polar surface area (TPSA) is 82.1 Å². The van der Waals surface area contributed by atoms with Crippen molar-refractivity contribution in [2.75, 3.05) is 32.7 Å². The van der Waals surface area contributed by atoms with Gasteiger partial charge in [-0.3, -0.25) is 9.69 Å². The maximum absolute atomic E-state index is 12.7. The molecule has 1 aliphatic rings. The van der Waals surface area contributed by atoms with E-state index >= 15 is 0 Å². The van der Waals surface area contributed by atoms with Crippen molar-refractivity contribution in [2.45, 2.75) is 4.90 Å². The average Bonchev–Trinajstić information content (AvgIpc) is 2.70. The lowest BCUT2D eigenvalue weighted by Crippen LogP contribution is -2.50. The van der Waals surface area contributed by atoms with Gasteiger partial charge in [-0.05, 0) is 36.4 Å². The summed E-state index contributed by atoms with van der Waals surface area (Å²) in [7, 11) is -3.54. The summed E-state index contributed by atoms with van der Waals surface area (Å²) < 4.78 is 27.7. The number of benzene rings is 2. The second-order valence-corrected chi connectivity index (χ2v) is 10.3. The number of amides is 1. The smallest absolute Gasteiger partial charge is 0.254 e. The number of rotatable bonds is 6. The lowest BCUT2D eigenvalue weighted by Gasteiger charge is -2.33. The highest BCUT2D eigenvalue weighted by Crippen LogP contribution is 2.20. The van der Waals surface area contributed by atoms with Crippen LogP contribution in [0.3, 0.4) is 0 Å². The van der Waals surface area contributed by atoms with Crippen molar-refractivity contribution < 1.29 is 13.2 Å². The van der Waals surface area contributed by atoms with Crippen LogP contribution in [-0.4, -0.2) is 62.5 Å². The normalized spacial score (nSPS) is 16.1. The van der Waals surface area contributed by atoms with E-state index in [1.807, 2.05) is 4.90 Å². The van der Waals surface area contributed by atoms with E-state index in [1.165, 1.54) is 10.5 Å². The molecule has 7 nitrogen and oxygen atoms in total. The first kappa shape index (κ1) is 23.2. The van der Waals surface area contributed by atoms with Gasteiger partial charge in [0.15, 0.2) is 0 Å². The van der Waals surface area contributed by atoms with E-state index in [-0.39, 0.29) is 17.3 Å². The van der Waals surface area contributed by atoms with Crippen LogP contribution in [0, 0.1) is 0 Å². The lowest BCUT2D eigenvalue weighted by molar-refractivity contribution is -0.122. The molecule has 1 amide bonds. The number of halogens is 3. The molecule has 0 unspecified atom stereocenters. The van der Waals surface area contributed by atoms with Crippen LogP contribution in [0.1, 0.15) is 5.56 Å². The van der Waals surface area contributed by atoms with Crippen LogP contribution in [0.25, 0.3) is 0 Å². The highest BCUT2D eigenvalue weighted by molar-refractivity contribution is 9.10. The first-order valence-electron chi connectivity index (χ1n) is 9.01. The summed E-state index contributed by atoms with van der Waals surface area (Å²) in [6.45, 7) is 1.66. The van der Waals surface area contributed by atoms with Gasteiger partial charge in [-0.25, -0.2) is 13.8 Å². The molecule has 1 N–H and O–H groups in total. The van der Waals surface area contributed by atoms with Crippen LogP contribution < -0.4 is 5.43 Å². The Balaban J connectivity index is 1.48. The predicted molar refractivity (Wildman–Crippen MR) is 122 cm³/mol. The van der Waals surface area contributed by atoms with Crippen molar-refractivity contribution in [1.82, 2.24) is 14.6 Å². The van der Waals surface area contributed by atoms with Crippen molar-refractivity contribution in [2.24, 2.45) is 5.10 Å². The Morgan fingerprint density at radius 1 is 1.10 bits per heavy atom. The Hall–Kier alpha value is -1.49. The Kier molecular flexibility index (Phi) is 7.89. The first-order chi connectivity index (χ1) is 14.3. The molecular weight excluding hydrogens is 515 g/mol. The third kappa shape index (κ3) is 6.03. The summed E-state index contributed by atoms with van der Waals surface area (Å²) in [4.78, 5) is 14.3. The molecule has 3 rings (SSSR count). The van der Waals surface area contributed by atoms with Gasteiger partial charge in [0.1, 0.15) is 0 Å². The molecule has 1 heterocycles. The van der Waals surface area contributed by atoms with E-state index in [0.29, 0.717) is 41.8 Å². The number of sulfonamides is 1. The van der Waals surface area contributed by atoms with Crippen LogP contribution in [0.15, 0.2) is 56.9 Å². The maximum Gasteiger partial charge on any atom is 0.254 e. The zero-order valence-electron chi connectivity index (χ0n) is 15.8. The monoisotopic (exact) mass is 532 g/mol. The third-order valence-corrected chi connectivity index (χ3v) is 7.51. The Morgan fingerprint density at radius 3 is 2.40 bits per heavy atom. The minimum absolute atomic E-state index is 0.123. The molecule has 30 heavy (non-hydrogen) atoms. The molecule has 0 radical (unpaired) electrons. The minimum atomic E-state index is -3.54.